The molecule has 4 aromatic rings. The lowest BCUT2D eigenvalue weighted by molar-refractivity contribution is -0.126. The molecule has 0 aliphatic carbocycles. The lowest BCUT2D eigenvalue weighted by Crippen LogP contribution is -2.46. The summed E-state index contributed by atoms with van der Waals surface area (Å²) in [6, 6.07) is 22.3. The molecule has 2 aromatic carbocycles. The van der Waals surface area contributed by atoms with Crippen LogP contribution >= 0.6 is 0 Å². The van der Waals surface area contributed by atoms with Gasteiger partial charge in [-0.3, -0.25) is 19.5 Å². The molecule has 1 fully saturated rings. The first-order valence-corrected chi connectivity index (χ1v) is 12.1. The van der Waals surface area contributed by atoms with Crippen LogP contribution < -0.4 is 10.6 Å². The molecule has 0 saturated carbocycles. The largest absolute Gasteiger partial charge is 0.459 e. The molecule has 5 rings (SSSR count). The van der Waals surface area contributed by atoms with Gasteiger partial charge >= 0.3 is 6.09 Å². The van der Waals surface area contributed by atoms with Gasteiger partial charge < -0.3 is 19.8 Å². The van der Waals surface area contributed by atoms with Crippen molar-refractivity contribution in [1.82, 2.24) is 15.2 Å². The Kier molecular flexibility index (Phi) is 7.17. The van der Waals surface area contributed by atoms with Gasteiger partial charge in [0, 0.05) is 11.9 Å². The molecule has 0 radical (unpaired) electrons. The molecule has 3 amide bonds. The molecule has 9 heteroatoms. The van der Waals surface area contributed by atoms with Gasteiger partial charge in [-0.15, -0.1) is 0 Å². The summed E-state index contributed by atoms with van der Waals surface area (Å²) in [6.45, 7) is 2.40. The number of hydrogen-bond acceptors (Lipinski definition) is 6. The number of ether oxygens (including phenoxy) is 1. The SMILES string of the molecule is Cc1ccccc1CN1C(=O)O[C@H](c2ccc(NC(=O)c3ccco3)cc2)[C@@H]1C(=O)NCc1ccccn1. The average molecular weight is 511 g/mol. The summed E-state index contributed by atoms with van der Waals surface area (Å²) in [5.74, 6) is -0.545. The van der Waals surface area contributed by atoms with Crippen LogP contribution in [0.25, 0.3) is 0 Å². The Balaban J connectivity index is 1.38. The fourth-order valence-corrected chi connectivity index (χ4v) is 4.32. The van der Waals surface area contributed by atoms with Crippen molar-refractivity contribution in [3.8, 4) is 0 Å². The minimum Gasteiger partial charge on any atom is -0.459 e. The highest BCUT2D eigenvalue weighted by Gasteiger charge is 2.47. The predicted octanol–water partition coefficient (Wildman–Crippen LogP) is 4.61. The van der Waals surface area contributed by atoms with Gasteiger partial charge in [-0.1, -0.05) is 42.5 Å². The molecule has 3 heterocycles. The lowest BCUT2D eigenvalue weighted by Gasteiger charge is -2.24. The van der Waals surface area contributed by atoms with Crippen LogP contribution in [0.3, 0.4) is 0 Å². The zero-order chi connectivity index (χ0) is 26.5. The van der Waals surface area contributed by atoms with E-state index in [0.717, 1.165) is 11.1 Å². The number of nitrogens with zero attached hydrogens (tertiary/aromatic N) is 2. The summed E-state index contributed by atoms with van der Waals surface area (Å²) in [5.41, 5.74) is 3.79. The number of benzene rings is 2. The maximum atomic E-state index is 13.5. The van der Waals surface area contributed by atoms with E-state index in [1.807, 2.05) is 43.3 Å². The zero-order valence-corrected chi connectivity index (χ0v) is 20.7. The highest BCUT2D eigenvalue weighted by molar-refractivity contribution is 6.02. The van der Waals surface area contributed by atoms with E-state index in [2.05, 4.69) is 15.6 Å². The predicted molar refractivity (Wildman–Crippen MR) is 139 cm³/mol. The van der Waals surface area contributed by atoms with E-state index in [0.29, 0.717) is 16.9 Å². The number of rotatable bonds is 8. The van der Waals surface area contributed by atoms with E-state index in [1.165, 1.54) is 11.2 Å². The maximum absolute atomic E-state index is 13.5. The quantitative estimate of drug-likeness (QED) is 0.358. The standard InChI is InChI=1S/C29H26N4O5/c1-19-7-2-3-8-21(19)18-33-25(28(35)31-17-23-9-4-5-15-30-23)26(38-29(33)36)20-11-13-22(14-12-20)32-27(34)24-10-6-16-37-24/h2-16,25-26H,17-18H2,1H3,(H,31,35)(H,32,34)/t25-,26-/m1/s1. The first-order chi connectivity index (χ1) is 18.5. The van der Waals surface area contributed by atoms with Gasteiger partial charge in [0.05, 0.1) is 25.0 Å². The Morgan fingerprint density at radius 1 is 0.974 bits per heavy atom. The Morgan fingerprint density at radius 2 is 1.76 bits per heavy atom. The number of anilines is 1. The van der Waals surface area contributed by atoms with Crippen molar-refractivity contribution in [3.63, 3.8) is 0 Å². The van der Waals surface area contributed by atoms with Gasteiger partial charge in [-0.05, 0) is 60.0 Å². The molecule has 1 aliphatic heterocycles. The van der Waals surface area contributed by atoms with Crippen LogP contribution in [-0.4, -0.2) is 33.8 Å². The number of nitrogens with one attached hydrogen (secondary N) is 2. The summed E-state index contributed by atoms with van der Waals surface area (Å²) >= 11 is 0. The van der Waals surface area contributed by atoms with Crippen molar-refractivity contribution in [2.75, 3.05) is 5.32 Å². The molecular weight excluding hydrogens is 484 g/mol. The first kappa shape index (κ1) is 24.8. The van der Waals surface area contributed by atoms with Crippen molar-refractivity contribution in [3.05, 3.63) is 119 Å². The van der Waals surface area contributed by atoms with Crippen molar-refractivity contribution in [2.24, 2.45) is 0 Å². The molecule has 192 valence electrons. The highest BCUT2D eigenvalue weighted by Crippen LogP contribution is 2.35. The summed E-state index contributed by atoms with van der Waals surface area (Å²) in [7, 11) is 0. The number of carbonyl (C=O) groups is 3. The summed E-state index contributed by atoms with van der Waals surface area (Å²) in [5, 5.41) is 5.66. The number of aromatic nitrogens is 1. The Bertz CT molecular complexity index is 1420. The number of aryl methyl sites for hydroxylation is 1. The zero-order valence-electron chi connectivity index (χ0n) is 20.7. The minimum absolute atomic E-state index is 0.190. The molecular formula is C29H26N4O5. The van der Waals surface area contributed by atoms with Crippen molar-refractivity contribution >= 4 is 23.6 Å². The van der Waals surface area contributed by atoms with E-state index in [-0.39, 0.29) is 30.7 Å². The van der Waals surface area contributed by atoms with Crippen LogP contribution in [0.1, 0.15) is 39.0 Å². The fraction of sp³-hybridized carbons (Fsp3) is 0.172. The molecule has 2 atom stereocenters. The fourth-order valence-electron chi connectivity index (χ4n) is 4.32. The van der Waals surface area contributed by atoms with E-state index in [1.54, 1.807) is 48.7 Å². The third-order valence-electron chi connectivity index (χ3n) is 6.37. The molecule has 0 spiro atoms. The molecule has 0 unspecified atom stereocenters. The van der Waals surface area contributed by atoms with Crippen LogP contribution in [0, 0.1) is 6.92 Å². The second-order valence-corrected chi connectivity index (χ2v) is 8.90. The van der Waals surface area contributed by atoms with E-state index < -0.39 is 18.2 Å². The molecule has 2 aromatic heterocycles. The molecule has 38 heavy (non-hydrogen) atoms. The van der Waals surface area contributed by atoms with E-state index in [9.17, 15) is 14.4 Å². The summed E-state index contributed by atoms with van der Waals surface area (Å²) in [6.07, 6.45) is 1.66. The van der Waals surface area contributed by atoms with Crippen LogP contribution in [0.15, 0.2) is 95.7 Å². The van der Waals surface area contributed by atoms with Gasteiger partial charge in [-0.25, -0.2) is 4.79 Å². The van der Waals surface area contributed by atoms with Gasteiger partial charge in [0.25, 0.3) is 5.91 Å². The first-order valence-electron chi connectivity index (χ1n) is 12.1. The van der Waals surface area contributed by atoms with Crippen molar-refractivity contribution in [2.45, 2.75) is 32.2 Å². The third-order valence-corrected chi connectivity index (χ3v) is 6.37. The second-order valence-electron chi connectivity index (χ2n) is 8.90. The second kappa shape index (κ2) is 11.0. The number of cyclic esters (lactones) is 1. The van der Waals surface area contributed by atoms with Gasteiger partial charge in [0.2, 0.25) is 5.91 Å². The van der Waals surface area contributed by atoms with Crippen LogP contribution in [0.2, 0.25) is 0 Å². The molecule has 1 saturated heterocycles. The number of hydrogen-bond donors (Lipinski definition) is 2. The van der Waals surface area contributed by atoms with Crippen molar-refractivity contribution < 1.29 is 23.5 Å². The highest BCUT2D eigenvalue weighted by atomic mass is 16.6. The van der Waals surface area contributed by atoms with Crippen LogP contribution in [0.4, 0.5) is 10.5 Å². The number of pyridine rings is 1. The van der Waals surface area contributed by atoms with Crippen LogP contribution in [0.5, 0.6) is 0 Å². The molecule has 9 nitrogen and oxygen atoms in total. The normalized spacial score (nSPS) is 16.7. The van der Waals surface area contributed by atoms with Crippen molar-refractivity contribution in [1.29, 1.82) is 0 Å². The molecule has 2 N–H and O–H groups in total. The topological polar surface area (TPSA) is 114 Å². The summed E-state index contributed by atoms with van der Waals surface area (Å²) in [4.78, 5) is 44.5. The summed E-state index contributed by atoms with van der Waals surface area (Å²) < 4.78 is 10.9. The Labute approximate surface area is 219 Å². The van der Waals surface area contributed by atoms with Gasteiger partial charge in [-0.2, -0.15) is 0 Å². The van der Waals surface area contributed by atoms with Gasteiger partial charge in [0.1, 0.15) is 0 Å². The molecule has 0 bridgehead atoms. The minimum atomic E-state index is -0.908. The Morgan fingerprint density at radius 3 is 2.47 bits per heavy atom. The number of carbonyl (C=O) groups excluding carboxylic acids is 3. The molecule has 1 aliphatic rings. The Hall–Kier alpha value is -4.92. The average Bonchev–Trinajstić information content (AvgIpc) is 3.59. The number of furan rings is 1. The number of amides is 3. The lowest BCUT2D eigenvalue weighted by atomic mass is 9.99. The van der Waals surface area contributed by atoms with E-state index in [4.69, 9.17) is 9.15 Å². The third kappa shape index (κ3) is 5.41. The maximum Gasteiger partial charge on any atom is 0.411 e. The van der Waals surface area contributed by atoms with Gasteiger partial charge in [0.15, 0.2) is 17.9 Å². The van der Waals surface area contributed by atoms with Crippen LogP contribution in [-0.2, 0) is 22.6 Å². The monoisotopic (exact) mass is 510 g/mol. The van der Waals surface area contributed by atoms with E-state index >= 15 is 0 Å². The smallest absolute Gasteiger partial charge is 0.411 e.